The number of hydrogen-bond donors (Lipinski definition) is 1. The number of nitrogens with one attached hydrogen (secondary N) is 1. The van der Waals surface area contributed by atoms with E-state index < -0.39 is 9.84 Å². The molecule has 1 N–H and O–H groups in total. The lowest BCUT2D eigenvalue weighted by Gasteiger charge is -2.24. The molecule has 6 heteroatoms. The maximum Gasteiger partial charge on any atom is 0.243 e. The summed E-state index contributed by atoms with van der Waals surface area (Å²) in [6, 6.07) is 14.7. The van der Waals surface area contributed by atoms with Crippen molar-refractivity contribution in [3.63, 3.8) is 0 Å². The average molecular weight is 344 g/mol. The minimum atomic E-state index is -3.39. The van der Waals surface area contributed by atoms with E-state index >= 15 is 0 Å². The molecule has 1 aliphatic heterocycles. The Morgan fingerprint density at radius 2 is 1.83 bits per heavy atom. The van der Waals surface area contributed by atoms with E-state index in [1.54, 1.807) is 18.2 Å². The molecular weight excluding hydrogens is 324 g/mol. The maximum absolute atomic E-state index is 12.5. The van der Waals surface area contributed by atoms with Gasteiger partial charge in [-0.3, -0.25) is 4.79 Å². The van der Waals surface area contributed by atoms with Gasteiger partial charge in [0.25, 0.3) is 0 Å². The van der Waals surface area contributed by atoms with Crippen LogP contribution in [0.1, 0.15) is 12.5 Å². The molecule has 3 rings (SSSR count). The van der Waals surface area contributed by atoms with Gasteiger partial charge in [-0.1, -0.05) is 30.3 Å². The third kappa shape index (κ3) is 3.28. The topological polar surface area (TPSA) is 66.5 Å². The van der Waals surface area contributed by atoms with Gasteiger partial charge >= 0.3 is 0 Å². The molecule has 0 aliphatic carbocycles. The maximum atomic E-state index is 12.5. The second-order valence-corrected chi connectivity index (χ2v) is 8.11. The van der Waals surface area contributed by atoms with Crippen LogP contribution in [-0.2, 0) is 21.1 Å². The van der Waals surface area contributed by atoms with Crippen molar-refractivity contribution in [2.24, 2.45) is 0 Å². The second kappa shape index (κ2) is 6.28. The van der Waals surface area contributed by atoms with Crippen LogP contribution in [0.15, 0.2) is 53.4 Å². The normalized spacial score (nSPS) is 16.8. The summed E-state index contributed by atoms with van der Waals surface area (Å²) >= 11 is 0. The Hall–Kier alpha value is -2.34. The summed E-state index contributed by atoms with van der Waals surface area (Å²) in [4.78, 5) is 14.6. The summed E-state index contributed by atoms with van der Waals surface area (Å²) < 4.78 is 23.7. The standard InChI is InChI=1S/C18H20N2O3S/c1-13-11-14-7-3-5-9-16(14)20(13)12-18(21)19-15-8-4-6-10-17(15)24(2,22)23/h3-10,13H,11-12H2,1-2H3,(H,19,21)/t13-/m1/s1. The molecule has 0 saturated heterocycles. The predicted octanol–water partition coefficient (Wildman–Crippen LogP) is 2.48. The van der Waals surface area contributed by atoms with Gasteiger partial charge in [-0.2, -0.15) is 0 Å². The zero-order chi connectivity index (χ0) is 17.3. The van der Waals surface area contributed by atoms with Gasteiger partial charge in [-0.25, -0.2) is 8.42 Å². The Kier molecular flexibility index (Phi) is 4.32. The number of benzene rings is 2. The van der Waals surface area contributed by atoms with E-state index in [0.717, 1.165) is 18.4 Å². The summed E-state index contributed by atoms with van der Waals surface area (Å²) in [7, 11) is -3.39. The number of hydrogen-bond acceptors (Lipinski definition) is 4. The smallest absolute Gasteiger partial charge is 0.243 e. The first-order valence-corrected chi connectivity index (χ1v) is 9.69. The molecule has 126 valence electrons. The van der Waals surface area contributed by atoms with Gasteiger partial charge in [-0.15, -0.1) is 0 Å². The third-order valence-electron chi connectivity index (χ3n) is 4.22. The first-order valence-electron chi connectivity index (χ1n) is 7.80. The Bertz CT molecular complexity index is 877. The van der Waals surface area contributed by atoms with Crippen LogP contribution < -0.4 is 10.2 Å². The number of carbonyl (C=O) groups is 1. The summed E-state index contributed by atoms with van der Waals surface area (Å²) in [6.07, 6.45) is 2.04. The Morgan fingerprint density at radius 1 is 1.17 bits per heavy atom. The molecule has 2 aromatic rings. The molecule has 0 spiro atoms. The average Bonchev–Trinajstić information content (AvgIpc) is 2.83. The van der Waals surface area contributed by atoms with Crippen LogP contribution in [0.4, 0.5) is 11.4 Å². The minimum Gasteiger partial charge on any atom is -0.359 e. The van der Waals surface area contributed by atoms with Crippen molar-refractivity contribution >= 4 is 27.1 Å². The lowest BCUT2D eigenvalue weighted by atomic mass is 10.1. The third-order valence-corrected chi connectivity index (χ3v) is 5.38. The van der Waals surface area contributed by atoms with E-state index in [1.807, 2.05) is 23.1 Å². The first-order chi connectivity index (χ1) is 11.4. The van der Waals surface area contributed by atoms with Crippen LogP contribution in [0.25, 0.3) is 0 Å². The quantitative estimate of drug-likeness (QED) is 0.925. The monoisotopic (exact) mass is 344 g/mol. The lowest BCUT2D eigenvalue weighted by molar-refractivity contribution is -0.115. The molecule has 0 fully saturated rings. The molecule has 2 aromatic carbocycles. The van der Waals surface area contributed by atoms with Crippen molar-refractivity contribution < 1.29 is 13.2 Å². The molecule has 1 amide bonds. The highest BCUT2D eigenvalue weighted by Gasteiger charge is 2.27. The van der Waals surface area contributed by atoms with Gasteiger partial charge in [0.1, 0.15) is 0 Å². The largest absolute Gasteiger partial charge is 0.359 e. The minimum absolute atomic E-state index is 0.133. The zero-order valence-corrected chi connectivity index (χ0v) is 14.5. The van der Waals surface area contributed by atoms with E-state index in [-0.39, 0.29) is 23.4 Å². The SMILES string of the molecule is C[C@@H]1Cc2ccccc2N1CC(=O)Nc1ccccc1S(C)(=O)=O. The van der Waals surface area contributed by atoms with E-state index in [0.29, 0.717) is 5.69 Å². The Morgan fingerprint density at radius 3 is 2.58 bits per heavy atom. The van der Waals surface area contributed by atoms with Gasteiger partial charge in [0.15, 0.2) is 9.84 Å². The molecule has 1 heterocycles. The van der Waals surface area contributed by atoms with Crippen LogP contribution in [0.2, 0.25) is 0 Å². The van der Waals surface area contributed by atoms with Crippen molar-refractivity contribution in [2.75, 3.05) is 23.0 Å². The zero-order valence-electron chi connectivity index (χ0n) is 13.7. The van der Waals surface area contributed by atoms with Crippen LogP contribution in [0.3, 0.4) is 0 Å². The predicted molar refractivity (Wildman–Crippen MR) is 95.1 cm³/mol. The highest BCUT2D eigenvalue weighted by atomic mass is 32.2. The molecule has 5 nitrogen and oxygen atoms in total. The summed E-state index contributed by atoms with van der Waals surface area (Å²) in [5.74, 6) is -0.227. The molecule has 1 atom stereocenters. The molecule has 0 radical (unpaired) electrons. The van der Waals surface area contributed by atoms with Gasteiger partial charge in [0, 0.05) is 18.0 Å². The molecule has 0 saturated carbocycles. The molecule has 24 heavy (non-hydrogen) atoms. The molecule has 0 bridgehead atoms. The summed E-state index contributed by atoms with van der Waals surface area (Å²) in [6.45, 7) is 2.27. The number of rotatable bonds is 4. The van der Waals surface area contributed by atoms with Crippen LogP contribution in [0, 0.1) is 0 Å². The number of carbonyl (C=O) groups excluding carboxylic acids is 1. The molecule has 1 aliphatic rings. The number of para-hydroxylation sites is 2. The van der Waals surface area contributed by atoms with Crippen molar-refractivity contribution in [1.29, 1.82) is 0 Å². The van der Waals surface area contributed by atoms with Crippen molar-refractivity contribution in [2.45, 2.75) is 24.3 Å². The van der Waals surface area contributed by atoms with Crippen molar-refractivity contribution in [1.82, 2.24) is 0 Å². The first kappa shape index (κ1) is 16.5. The second-order valence-electron chi connectivity index (χ2n) is 6.13. The number of nitrogens with zero attached hydrogens (tertiary/aromatic N) is 1. The Balaban J connectivity index is 1.78. The number of fused-ring (bicyclic) bond motifs is 1. The van der Waals surface area contributed by atoms with E-state index in [4.69, 9.17) is 0 Å². The lowest BCUT2D eigenvalue weighted by Crippen LogP contribution is -2.37. The summed E-state index contributed by atoms with van der Waals surface area (Å²) in [5.41, 5.74) is 2.62. The Labute approximate surface area is 142 Å². The van der Waals surface area contributed by atoms with Gasteiger partial charge in [-0.05, 0) is 37.1 Å². The van der Waals surface area contributed by atoms with Crippen LogP contribution in [-0.4, -0.2) is 33.2 Å². The number of anilines is 2. The number of sulfone groups is 1. The highest BCUT2D eigenvalue weighted by Crippen LogP contribution is 2.31. The molecule has 0 unspecified atom stereocenters. The number of amides is 1. The van der Waals surface area contributed by atoms with Crippen molar-refractivity contribution in [3.8, 4) is 0 Å². The van der Waals surface area contributed by atoms with E-state index in [2.05, 4.69) is 18.3 Å². The van der Waals surface area contributed by atoms with Gasteiger partial charge in [0.05, 0.1) is 17.1 Å². The fourth-order valence-electron chi connectivity index (χ4n) is 3.11. The summed E-state index contributed by atoms with van der Waals surface area (Å²) in [5, 5.41) is 2.74. The highest BCUT2D eigenvalue weighted by molar-refractivity contribution is 7.90. The molecule has 0 aromatic heterocycles. The van der Waals surface area contributed by atoms with Crippen LogP contribution >= 0.6 is 0 Å². The van der Waals surface area contributed by atoms with Crippen molar-refractivity contribution in [3.05, 3.63) is 54.1 Å². The van der Waals surface area contributed by atoms with Crippen LogP contribution in [0.5, 0.6) is 0 Å². The van der Waals surface area contributed by atoms with Gasteiger partial charge in [0.2, 0.25) is 5.91 Å². The van der Waals surface area contributed by atoms with E-state index in [1.165, 1.54) is 11.6 Å². The molecular formula is C18H20N2O3S. The van der Waals surface area contributed by atoms with E-state index in [9.17, 15) is 13.2 Å². The van der Waals surface area contributed by atoms with Gasteiger partial charge < -0.3 is 10.2 Å². The fourth-order valence-corrected chi connectivity index (χ4v) is 3.95. The fraction of sp³-hybridized carbons (Fsp3) is 0.278.